The number of methoxy groups -OCH3 is 2. The van der Waals surface area contributed by atoms with Gasteiger partial charge in [-0.25, -0.2) is 0 Å². The summed E-state index contributed by atoms with van der Waals surface area (Å²) in [5.41, 5.74) is 3.21. The normalized spacial score (nSPS) is 17.5. The average Bonchev–Trinajstić information content (AvgIpc) is 3.07. The fourth-order valence-corrected chi connectivity index (χ4v) is 3.92. The Morgan fingerprint density at radius 3 is 2.38 bits per heavy atom. The number of carbonyl (C=O) groups is 2. The van der Waals surface area contributed by atoms with Crippen LogP contribution in [0.2, 0.25) is 0 Å². The van der Waals surface area contributed by atoms with Gasteiger partial charge in [0.15, 0.2) is 11.5 Å². The molecule has 2 aromatic rings. The molecule has 7 heteroatoms. The zero-order valence-electron chi connectivity index (χ0n) is 20.7. The lowest BCUT2D eigenvalue weighted by atomic mass is 9.94. The molecule has 1 saturated heterocycles. The van der Waals surface area contributed by atoms with Gasteiger partial charge in [0.1, 0.15) is 5.76 Å². The summed E-state index contributed by atoms with van der Waals surface area (Å²) in [5.74, 6) is -0.243. The Morgan fingerprint density at radius 2 is 1.76 bits per heavy atom. The van der Waals surface area contributed by atoms with Gasteiger partial charge in [0.05, 0.1) is 31.9 Å². The molecular weight excluding hydrogens is 434 g/mol. The van der Waals surface area contributed by atoms with Gasteiger partial charge < -0.3 is 24.2 Å². The van der Waals surface area contributed by atoms with Crippen molar-refractivity contribution in [3.63, 3.8) is 0 Å². The molecule has 1 atom stereocenters. The third-order valence-electron chi connectivity index (χ3n) is 5.93. The zero-order chi connectivity index (χ0) is 25.0. The van der Waals surface area contributed by atoms with Crippen molar-refractivity contribution in [2.45, 2.75) is 33.7 Å². The van der Waals surface area contributed by atoms with Gasteiger partial charge in [-0.15, -0.1) is 0 Å². The highest BCUT2D eigenvalue weighted by molar-refractivity contribution is 6.46. The first-order chi connectivity index (χ1) is 16.2. The van der Waals surface area contributed by atoms with Gasteiger partial charge in [0.25, 0.3) is 11.7 Å². The summed E-state index contributed by atoms with van der Waals surface area (Å²) in [6.07, 6.45) is 0. The Kier molecular flexibility index (Phi) is 7.99. The maximum absolute atomic E-state index is 13.1. The molecule has 34 heavy (non-hydrogen) atoms. The molecule has 1 aliphatic rings. The lowest BCUT2D eigenvalue weighted by Crippen LogP contribution is -2.32. The van der Waals surface area contributed by atoms with Crippen molar-refractivity contribution in [1.82, 2.24) is 4.90 Å². The number of nitrogens with zero attached hydrogens (tertiary/aromatic N) is 1. The largest absolute Gasteiger partial charge is 0.507 e. The third-order valence-corrected chi connectivity index (χ3v) is 5.93. The molecule has 182 valence electrons. The van der Waals surface area contributed by atoms with E-state index in [1.165, 1.54) is 12.0 Å². The van der Waals surface area contributed by atoms with E-state index in [2.05, 4.69) is 0 Å². The molecule has 1 N–H and O–H groups in total. The Hall–Kier alpha value is -3.32. The van der Waals surface area contributed by atoms with E-state index >= 15 is 0 Å². The third kappa shape index (κ3) is 5.09. The van der Waals surface area contributed by atoms with Crippen LogP contribution in [-0.4, -0.2) is 55.7 Å². The van der Waals surface area contributed by atoms with Gasteiger partial charge in [-0.2, -0.15) is 0 Å². The highest BCUT2D eigenvalue weighted by atomic mass is 16.5. The van der Waals surface area contributed by atoms with Crippen molar-refractivity contribution in [3.05, 3.63) is 64.2 Å². The van der Waals surface area contributed by atoms with Crippen molar-refractivity contribution < 1.29 is 28.9 Å². The van der Waals surface area contributed by atoms with E-state index in [-0.39, 0.29) is 24.5 Å². The number of hydrogen-bond acceptors (Lipinski definition) is 6. The number of benzene rings is 2. The second-order valence-electron chi connectivity index (χ2n) is 8.90. The summed E-state index contributed by atoms with van der Waals surface area (Å²) in [6.45, 7) is 8.91. The maximum Gasteiger partial charge on any atom is 0.295 e. The SMILES string of the molecule is COCCN1C(=O)C(=O)/C(=C(\O)c2ccc(C)c(C)c2)C1c1ccc(OC)c(OCC(C)C)c1. The van der Waals surface area contributed by atoms with Gasteiger partial charge in [0.2, 0.25) is 0 Å². The Labute approximate surface area is 200 Å². The molecule has 0 aliphatic carbocycles. The number of likely N-dealkylation sites (tertiary alicyclic amines) is 1. The number of ketones is 1. The summed E-state index contributed by atoms with van der Waals surface area (Å²) in [6, 6.07) is 9.96. The number of ether oxygens (including phenoxy) is 3. The van der Waals surface area contributed by atoms with Crippen LogP contribution in [0.3, 0.4) is 0 Å². The van der Waals surface area contributed by atoms with Crippen LogP contribution in [-0.2, 0) is 14.3 Å². The van der Waals surface area contributed by atoms with Crippen LogP contribution in [0.25, 0.3) is 5.76 Å². The van der Waals surface area contributed by atoms with Crippen molar-refractivity contribution in [2.75, 3.05) is 34.0 Å². The number of aliphatic hydroxyl groups is 1. The minimum atomic E-state index is -0.788. The minimum absolute atomic E-state index is 0.0457. The number of hydrogen-bond donors (Lipinski definition) is 1. The van der Waals surface area contributed by atoms with Crippen molar-refractivity contribution in [2.24, 2.45) is 5.92 Å². The Morgan fingerprint density at radius 1 is 1.03 bits per heavy atom. The van der Waals surface area contributed by atoms with Gasteiger partial charge in [-0.3, -0.25) is 9.59 Å². The van der Waals surface area contributed by atoms with E-state index in [0.717, 1.165) is 11.1 Å². The second-order valence-corrected chi connectivity index (χ2v) is 8.90. The monoisotopic (exact) mass is 467 g/mol. The lowest BCUT2D eigenvalue weighted by Gasteiger charge is -2.26. The second kappa shape index (κ2) is 10.7. The molecule has 1 heterocycles. The van der Waals surface area contributed by atoms with Gasteiger partial charge in [-0.05, 0) is 54.7 Å². The zero-order valence-corrected chi connectivity index (χ0v) is 20.7. The van der Waals surface area contributed by atoms with Gasteiger partial charge in [-0.1, -0.05) is 32.0 Å². The van der Waals surface area contributed by atoms with Crippen LogP contribution in [0.1, 0.15) is 42.1 Å². The van der Waals surface area contributed by atoms with E-state index in [9.17, 15) is 14.7 Å². The summed E-state index contributed by atoms with van der Waals surface area (Å²) in [4.78, 5) is 27.6. The fraction of sp³-hybridized carbons (Fsp3) is 0.407. The van der Waals surface area contributed by atoms with Crippen LogP contribution in [0.5, 0.6) is 11.5 Å². The van der Waals surface area contributed by atoms with Crippen LogP contribution in [0.4, 0.5) is 0 Å². The predicted molar refractivity (Wildman–Crippen MR) is 130 cm³/mol. The van der Waals surface area contributed by atoms with Crippen LogP contribution in [0, 0.1) is 19.8 Å². The standard InChI is InChI=1S/C27H33NO6/c1-16(2)15-34-22-14-19(9-10-21(22)33-6)24-23(26(30)27(31)28(24)11-12-32-5)25(29)20-8-7-17(3)18(4)13-20/h7-10,13-14,16,24,29H,11-12,15H2,1-6H3/b25-23-. The minimum Gasteiger partial charge on any atom is -0.507 e. The van der Waals surface area contributed by atoms with Gasteiger partial charge >= 0.3 is 0 Å². The van der Waals surface area contributed by atoms with Crippen molar-refractivity contribution >= 4 is 17.4 Å². The molecular formula is C27H33NO6. The van der Waals surface area contributed by atoms with Crippen LogP contribution < -0.4 is 9.47 Å². The molecule has 1 fully saturated rings. The number of aliphatic hydroxyl groups excluding tert-OH is 1. The Balaban J connectivity index is 2.17. The Bertz CT molecular complexity index is 1100. The molecule has 2 aromatic carbocycles. The number of Topliss-reactive ketones (excluding diaryl/α,β-unsaturated/α-hetero) is 1. The average molecular weight is 468 g/mol. The molecule has 1 unspecified atom stereocenters. The van der Waals surface area contributed by atoms with Crippen LogP contribution >= 0.6 is 0 Å². The number of rotatable bonds is 9. The first kappa shape index (κ1) is 25.3. The van der Waals surface area contributed by atoms with E-state index in [1.54, 1.807) is 31.4 Å². The first-order valence-electron chi connectivity index (χ1n) is 11.3. The molecule has 0 aromatic heterocycles. The number of aryl methyl sites for hydroxylation is 2. The molecule has 1 amide bonds. The summed E-state index contributed by atoms with van der Waals surface area (Å²) >= 11 is 0. The fourth-order valence-electron chi connectivity index (χ4n) is 3.92. The van der Waals surface area contributed by atoms with Crippen molar-refractivity contribution in [3.8, 4) is 11.5 Å². The molecule has 0 bridgehead atoms. The maximum atomic E-state index is 13.1. The summed E-state index contributed by atoms with van der Waals surface area (Å²) in [7, 11) is 3.09. The van der Waals surface area contributed by atoms with Crippen molar-refractivity contribution in [1.29, 1.82) is 0 Å². The molecule has 7 nitrogen and oxygen atoms in total. The topological polar surface area (TPSA) is 85.3 Å². The van der Waals surface area contributed by atoms with Crippen LogP contribution in [0.15, 0.2) is 42.0 Å². The summed E-state index contributed by atoms with van der Waals surface area (Å²) in [5, 5.41) is 11.2. The smallest absolute Gasteiger partial charge is 0.295 e. The molecule has 0 saturated carbocycles. The molecule has 1 aliphatic heterocycles. The molecule has 3 rings (SSSR count). The first-order valence-corrected chi connectivity index (χ1v) is 11.3. The van der Waals surface area contributed by atoms with E-state index < -0.39 is 17.7 Å². The molecule has 0 spiro atoms. The predicted octanol–water partition coefficient (Wildman–Crippen LogP) is 4.41. The summed E-state index contributed by atoms with van der Waals surface area (Å²) < 4.78 is 16.6. The quantitative estimate of drug-likeness (QED) is 0.334. The van der Waals surface area contributed by atoms with E-state index in [0.29, 0.717) is 35.2 Å². The number of amides is 1. The van der Waals surface area contributed by atoms with E-state index in [4.69, 9.17) is 14.2 Å². The highest BCUT2D eigenvalue weighted by Crippen LogP contribution is 2.42. The van der Waals surface area contributed by atoms with Gasteiger partial charge in [0, 0.05) is 19.2 Å². The van der Waals surface area contributed by atoms with E-state index in [1.807, 2.05) is 39.8 Å². The lowest BCUT2D eigenvalue weighted by molar-refractivity contribution is -0.140. The molecule has 0 radical (unpaired) electrons. The number of carbonyl (C=O) groups excluding carboxylic acids is 2. The highest BCUT2D eigenvalue weighted by Gasteiger charge is 2.46.